The van der Waals surface area contributed by atoms with Crippen molar-refractivity contribution in [3.05, 3.63) is 47.4 Å². The summed E-state index contributed by atoms with van der Waals surface area (Å²) in [4.78, 5) is 4.23. The van der Waals surface area contributed by atoms with E-state index in [0.717, 1.165) is 5.56 Å². The number of nitrogens with zero attached hydrogens (tertiary/aromatic N) is 2. The van der Waals surface area contributed by atoms with Crippen LogP contribution in [-0.2, 0) is 6.42 Å². The standard InChI is InChI=1S/C13H16FN3O.ClH/c1-8(2)12(15)13-16-11(17-18-13)7-9-4-3-5-10(14)6-9;/h3-6,8,12H,7,15H2,1-2H3;1H/t12-;/m0./s1. The highest BCUT2D eigenvalue weighted by atomic mass is 35.5. The van der Waals surface area contributed by atoms with E-state index in [0.29, 0.717) is 18.1 Å². The SMILES string of the molecule is CC(C)[C@H](N)c1nc(Cc2cccc(F)c2)no1.Cl. The summed E-state index contributed by atoms with van der Waals surface area (Å²) in [6.07, 6.45) is 0.437. The van der Waals surface area contributed by atoms with Crippen LogP contribution in [0.1, 0.15) is 37.2 Å². The topological polar surface area (TPSA) is 64.9 Å². The molecule has 1 heterocycles. The van der Waals surface area contributed by atoms with Gasteiger partial charge in [0.25, 0.3) is 0 Å². The van der Waals surface area contributed by atoms with Gasteiger partial charge in [-0.2, -0.15) is 4.98 Å². The molecule has 0 spiro atoms. The van der Waals surface area contributed by atoms with Crippen LogP contribution in [0.5, 0.6) is 0 Å². The number of nitrogens with two attached hydrogens (primary N) is 1. The summed E-state index contributed by atoms with van der Waals surface area (Å²) in [6, 6.07) is 6.07. The van der Waals surface area contributed by atoms with Crippen molar-refractivity contribution in [2.45, 2.75) is 26.3 Å². The van der Waals surface area contributed by atoms with Crippen molar-refractivity contribution in [2.24, 2.45) is 11.7 Å². The summed E-state index contributed by atoms with van der Waals surface area (Å²) in [5.74, 6) is 0.908. The largest absolute Gasteiger partial charge is 0.338 e. The van der Waals surface area contributed by atoms with Crippen molar-refractivity contribution in [1.29, 1.82) is 0 Å². The molecule has 0 saturated carbocycles. The molecule has 0 aliphatic rings. The van der Waals surface area contributed by atoms with Crippen molar-refractivity contribution in [3.8, 4) is 0 Å². The van der Waals surface area contributed by atoms with Crippen molar-refractivity contribution in [3.63, 3.8) is 0 Å². The van der Waals surface area contributed by atoms with Gasteiger partial charge < -0.3 is 10.3 Å². The molecule has 1 atom stereocenters. The molecule has 1 aromatic heterocycles. The quantitative estimate of drug-likeness (QED) is 0.938. The molecule has 0 fully saturated rings. The number of hydrogen-bond donors (Lipinski definition) is 1. The Morgan fingerprint density at radius 2 is 2.11 bits per heavy atom. The number of benzene rings is 1. The van der Waals surface area contributed by atoms with Crippen LogP contribution >= 0.6 is 12.4 Å². The number of aromatic nitrogens is 2. The van der Waals surface area contributed by atoms with Crippen molar-refractivity contribution < 1.29 is 8.91 Å². The second-order valence-electron chi connectivity index (χ2n) is 4.63. The van der Waals surface area contributed by atoms with Gasteiger partial charge in [-0.1, -0.05) is 31.1 Å². The van der Waals surface area contributed by atoms with Gasteiger partial charge in [0, 0.05) is 6.42 Å². The lowest BCUT2D eigenvalue weighted by atomic mass is 10.1. The van der Waals surface area contributed by atoms with E-state index in [4.69, 9.17) is 10.3 Å². The summed E-state index contributed by atoms with van der Waals surface area (Å²) in [5.41, 5.74) is 6.72. The predicted molar refractivity (Wildman–Crippen MR) is 72.5 cm³/mol. The smallest absolute Gasteiger partial charge is 0.243 e. The summed E-state index contributed by atoms with van der Waals surface area (Å²) >= 11 is 0. The van der Waals surface area contributed by atoms with Crippen molar-refractivity contribution >= 4 is 12.4 Å². The Morgan fingerprint density at radius 1 is 1.37 bits per heavy atom. The van der Waals surface area contributed by atoms with Crippen LogP contribution in [0.3, 0.4) is 0 Å². The Morgan fingerprint density at radius 3 is 2.74 bits per heavy atom. The summed E-state index contributed by atoms with van der Waals surface area (Å²) in [7, 11) is 0. The molecule has 0 unspecified atom stereocenters. The van der Waals surface area contributed by atoms with Gasteiger partial charge in [0.05, 0.1) is 6.04 Å². The lowest BCUT2D eigenvalue weighted by Crippen LogP contribution is -2.17. The Hall–Kier alpha value is -1.46. The number of rotatable bonds is 4. The first-order chi connectivity index (χ1) is 8.56. The normalized spacial score (nSPS) is 12.3. The van der Waals surface area contributed by atoms with Gasteiger partial charge in [-0.15, -0.1) is 12.4 Å². The minimum absolute atomic E-state index is 0. The molecule has 1 aromatic carbocycles. The highest BCUT2D eigenvalue weighted by Gasteiger charge is 2.18. The summed E-state index contributed by atoms with van der Waals surface area (Å²) in [5, 5.41) is 3.86. The molecule has 104 valence electrons. The monoisotopic (exact) mass is 285 g/mol. The third-order valence-corrected chi connectivity index (χ3v) is 2.74. The maximum Gasteiger partial charge on any atom is 0.243 e. The van der Waals surface area contributed by atoms with Crippen LogP contribution in [0.25, 0.3) is 0 Å². The molecule has 0 amide bonds. The van der Waals surface area contributed by atoms with Gasteiger partial charge in [-0.3, -0.25) is 0 Å². The van der Waals surface area contributed by atoms with Gasteiger partial charge in [-0.25, -0.2) is 4.39 Å². The highest BCUT2D eigenvalue weighted by molar-refractivity contribution is 5.85. The third kappa shape index (κ3) is 4.01. The molecular formula is C13H17ClFN3O. The van der Waals surface area contributed by atoms with Crippen LogP contribution in [-0.4, -0.2) is 10.1 Å². The Bertz CT molecular complexity index is 530. The van der Waals surface area contributed by atoms with Crippen molar-refractivity contribution in [2.75, 3.05) is 0 Å². The van der Waals surface area contributed by atoms with Crippen LogP contribution in [0.2, 0.25) is 0 Å². The first-order valence-corrected chi connectivity index (χ1v) is 5.89. The summed E-state index contributed by atoms with van der Waals surface area (Å²) in [6.45, 7) is 3.97. The van der Waals surface area contributed by atoms with E-state index >= 15 is 0 Å². The minimum Gasteiger partial charge on any atom is -0.338 e. The van der Waals surface area contributed by atoms with Gasteiger partial charge in [-0.05, 0) is 23.6 Å². The van der Waals surface area contributed by atoms with Crippen molar-refractivity contribution in [1.82, 2.24) is 10.1 Å². The van der Waals surface area contributed by atoms with Crippen LogP contribution < -0.4 is 5.73 Å². The number of halogens is 2. The lowest BCUT2D eigenvalue weighted by molar-refractivity contribution is 0.322. The molecule has 2 rings (SSSR count). The molecule has 0 radical (unpaired) electrons. The summed E-state index contributed by atoms with van der Waals surface area (Å²) < 4.78 is 18.1. The predicted octanol–water partition coefficient (Wildman–Crippen LogP) is 2.88. The van der Waals surface area contributed by atoms with E-state index in [9.17, 15) is 4.39 Å². The van der Waals surface area contributed by atoms with Crippen LogP contribution in [0.15, 0.2) is 28.8 Å². The Kier molecular flexibility index (Phi) is 5.44. The molecule has 6 heteroatoms. The fraction of sp³-hybridized carbons (Fsp3) is 0.385. The Balaban J connectivity index is 0.00000180. The second kappa shape index (κ2) is 6.63. The van der Waals surface area contributed by atoms with E-state index in [1.807, 2.05) is 19.9 Å². The van der Waals surface area contributed by atoms with Gasteiger partial charge in [0.15, 0.2) is 5.82 Å². The molecule has 0 saturated heterocycles. The molecule has 0 aliphatic heterocycles. The fourth-order valence-corrected chi connectivity index (χ4v) is 1.59. The maximum atomic E-state index is 13.0. The zero-order valence-corrected chi connectivity index (χ0v) is 11.7. The molecule has 0 bridgehead atoms. The highest BCUT2D eigenvalue weighted by Crippen LogP contribution is 2.17. The first-order valence-electron chi connectivity index (χ1n) is 5.89. The average Bonchev–Trinajstić information content (AvgIpc) is 2.76. The maximum absolute atomic E-state index is 13.0. The van der Waals surface area contributed by atoms with E-state index < -0.39 is 0 Å². The van der Waals surface area contributed by atoms with Gasteiger partial charge >= 0.3 is 0 Å². The Labute approximate surface area is 117 Å². The fourth-order valence-electron chi connectivity index (χ4n) is 1.59. The van der Waals surface area contributed by atoms with E-state index in [2.05, 4.69) is 10.1 Å². The average molecular weight is 286 g/mol. The first kappa shape index (κ1) is 15.6. The van der Waals surface area contributed by atoms with Gasteiger partial charge in [0.1, 0.15) is 5.82 Å². The zero-order valence-electron chi connectivity index (χ0n) is 10.8. The minimum atomic E-state index is -0.268. The van der Waals surface area contributed by atoms with Crippen LogP contribution in [0, 0.1) is 11.7 Å². The van der Waals surface area contributed by atoms with E-state index in [1.165, 1.54) is 12.1 Å². The zero-order chi connectivity index (χ0) is 13.1. The third-order valence-electron chi connectivity index (χ3n) is 2.74. The molecular weight excluding hydrogens is 269 g/mol. The van der Waals surface area contributed by atoms with E-state index in [-0.39, 0.29) is 30.2 Å². The molecule has 4 nitrogen and oxygen atoms in total. The van der Waals surface area contributed by atoms with E-state index in [1.54, 1.807) is 6.07 Å². The lowest BCUT2D eigenvalue weighted by Gasteiger charge is -2.09. The number of hydrogen-bond acceptors (Lipinski definition) is 4. The molecule has 2 aromatic rings. The molecule has 0 aliphatic carbocycles. The second-order valence-corrected chi connectivity index (χ2v) is 4.63. The van der Waals surface area contributed by atoms with Gasteiger partial charge in [0.2, 0.25) is 5.89 Å². The molecule has 19 heavy (non-hydrogen) atoms. The molecule has 2 N–H and O–H groups in total. The van der Waals surface area contributed by atoms with Crippen LogP contribution in [0.4, 0.5) is 4.39 Å².